The molecule has 5 heteroatoms. The van der Waals surface area contributed by atoms with Crippen molar-refractivity contribution in [3.8, 4) is 0 Å². The Labute approximate surface area is 89.3 Å². The van der Waals surface area contributed by atoms with E-state index in [-0.39, 0.29) is 0 Å². The van der Waals surface area contributed by atoms with E-state index in [4.69, 9.17) is 11.6 Å². The first-order valence-electron chi connectivity index (χ1n) is 3.93. The van der Waals surface area contributed by atoms with E-state index in [1.165, 1.54) is 6.08 Å². The van der Waals surface area contributed by atoms with Gasteiger partial charge in [0.1, 0.15) is 0 Å². The SMILES string of the molecule is CCCC/C=C/[C@](F)(Cl)C(F)(F)Br. The zero-order valence-corrected chi connectivity index (χ0v) is 9.51. The van der Waals surface area contributed by atoms with Gasteiger partial charge in [-0.1, -0.05) is 37.4 Å². The number of halogens is 5. The highest BCUT2D eigenvalue weighted by Crippen LogP contribution is 2.42. The zero-order valence-electron chi connectivity index (χ0n) is 7.17. The lowest BCUT2D eigenvalue weighted by molar-refractivity contribution is 0.0217. The van der Waals surface area contributed by atoms with Crippen LogP contribution in [0.3, 0.4) is 0 Å². The van der Waals surface area contributed by atoms with Gasteiger partial charge in [-0.3, -0.25) is 0 Å². The maximum absolute atomic E-state index is 12.9. The molecular weight excluding hydrogens is 268 g/mol. The van der Waals surface area contributed by atoms with E-state index in [0.29, 0.717) is 12.5 Å². The second-order valence-electron chi connectivity index (χ2n) is 2.67. The fourth-order valence-electron chi connectivity index (χ4n) is 0.648. The highest BCUT2D eigenvalue weighted by atomic mass is 79.9. The summed E-state index contributed by atoms with van der Waals surface area (Å²) in [5.74, 6) is 0. The van der Waals surface area contributed by atoms with E-state index in [1.807, 2.05) is 22.9 Å². The molecule has 0 aliphatic rings. The van der Waals surface area contributed by atoms with Crippen LogP contribution in [0.25, 0.3) is 0 Å². The molecule has 0 spiro atoms. The Hall–Kier alpha value is 0.300. The summed E-state index contributed by atoms with van der Waals surface area (Å²) in [6.07, 6.45) is 4.32. The molecule has 0 aliphatic carbocycles. The van der Waals surface area contributed by atoms with Crippen LogP contribution in [-0.4, -0.2) is 9.96 Å². The molecule has 0 fully saturated rings. The van der Waals surface area contributed by atoms with Crippen molar-refractivity contribution >= 4 is 27.5 Å². The van der Waals surface area contributed by atoms with Gasteiger partial charge in [-0.2, -0.15) is 8.78 Å². The summed E-state index contributed by atoms with van der Waals surface area (Å²) in [6, 6.07) is 0. The number of allylic oxidation sites excluding steroid dienone is 2. The number of hydrogen-bond acceptors (Lipinski definition) is 0. The van der Waals surface area contributed by atoms with Crippen molar-refractivity contribution in [1.82, 2.24) is 0 Å². The topological polar surface area (TPSA) is 0 Å². The standard InChI is InChI=1S/C8H11BrClF3/c1-2-3-4-5-6-7(10,11)8(9,12)13/h5-6H,2-4H2,1H3/b6-5+/t7-/m1/s1. The molecule has 0 radical (unpaired) electrons. The lowest BCUT2D eigenvalue weighted by atomic mass is 10.2. The van der Waals surface area contributed by atoms with Crippen LogP contribution < -0.4 is 0 Å². The third-order valence-electron chi connectivity index (χ3n) is 1.43. The largest absolute Gasteiger partial charge is 0.352 e. The Bertz CT molecular complexity index is 175. The molecule has 0 amide bonds. The van der Waals surface area contributed by atoms with Crippen LogP contribution in [0.15, 0.2) is 12.2 Å². The van der Waals surface area contributed by atoms with Crippen molar-refractivity contribution < 1.29 is 13.2 Å². The fraction of sp³-hybridized carbons (Fsp3) is 0.750. The Kier molecular flexibility index (Phi) is 5.37. The Morgan fingerprint density at radius 3 is 2.31 bits per heavy atom. The lowest BCUT2D eigenvalue weighted by Gasteiger charge is -2.18. The molecule has 0 saturated heterocycles. The number of hydrogen-bond donors (Lipinski definition) is 0. The molecule has 1 atom stereocenters. The molecule has 0 aliphatic heterocycles. The van der Waals surface area contributed by atoms with Crippen molar-refractivity contribution in [3.63, 3.8) is 0 Å². The second kappa shape index (κ2) is 5.25. The predicted octanol–water partition coefficient (Wildman–Crippen LogP) is 4.63. The van der Waals surface area contributed by atoms with E-state index in [2.05, 4.69) is 0 Å². The summed E-state index contributed by atoms with van der Waals surface area (Å²) in [7, 11) is 0. The molecule has 0 aromatic heterocycles. The maximum Gasteiger partial charge on any atom is 0.352 e. The molecular formula is C8H11BrClF3. The Morgan fingerprint density at radius 2 is 1.92 bits per heavy atom. The summed E-state index contributed by atoms with van der Waals surface area (Å²) < 4.78 is 37.6. The van der Waals surface area contributed by atoms with Crippen molar-refractivity contribution in [2.24, 2.45) is 0 Å². The normalized spacial score (nSPS) is 17.7. The van der Waals surface area contributed by atoms with Crippen LogP contribution in [0.4, 0.5) is 13.2 Å². The molecule has 0 heterocycles. The van der Waals surface area contributed by atoms with Gasteiger partial charge in [0.25, 0.3) is 5.13 Å². The first kappa shape index (κ1) is 13.3. The average Bonchev–Trinajstić information content (AvgIpc) is 1.96. The van der Waals surface area contributed by atoms with Gasteiger partial charge in [0.15, 0.2) is 0 Å². The minimum atomic E-state index is -3.73. The van der Waals surface area contributed by atoms with Gasteiger partial charge in [0.2, 0.25) is 0 Å². The summed E-state index contributed by atoms with van der Waals surface area (Å²) in [5, 5.41) is -3.14. The van der Waals surface area contributed by atoms with Crippen LogP contribution in [0, 0.1) is 0 Å². The monoisotopic (exact) mass is 278 g/mol. The smallest absolute Gasteiger partial charge is 0.214 e. The van der Waals surface area contributed by atoms with Crippen molar-refractivity contribution in [2.75, 3.05) is 0 Å². The highest BCUT2D eigenvalue weighted by Gasteiger charge is 2.49. The van der Waals surface area contributed by atoms with Crippen molar-refractivity contribution in [1.29, 1.82) is 0 Å². The highest BCUT2D eigenvalue weighted by molar-refractivity contribution is 9.10. The summed E-state index contributed by atoms with van der Waals surface area (Å²) in [6.45, 7) is 1.95. The van der Waals surface area contributed by atoms with Crippen LogP contribution in [0.2, 0.25) is 0 Å². The van der Waals surface area contributed by atoms with Crippen molar-refractivity contribution in [3.05, 3.63) is 12.2 Å². The number of alkyl halides is 5. The lowest BCUT2D eigenvalue weighted by Crippen LogP contribution is -2.31. The first-order valence-corrected chi connectivity index (χ1v) is 5.10. The van der Waals surface area contributed by atoms with Gasteiger partial charge >= 0.3 is 4.83 Å². The van der Waals surface area contributed by atoms with Gasteiger partial charge in [0, 0.05) is 0 Å². The fourth-order valence-corrected chi connectivity index (χ4v) is 0.869. The van der Waals surface area contributed by atoms with E-state index >= 15 is 0 Å². The van der Waals surface area contributed by atoms with Crippen LogP contribution in [0.5, 0.6) is 0 Å². The molecule has 13 heavy (non-hydrogen) atoms. The predicted molar refractivity (Wildman–Crippen MR) is 52.2 cm³/mol. The van der Waals surface area contributed by atoms with Gasteiger partial charge < -0.3 is 0 Å². The van der Waals surface area contributed by atoms with Gasteiger partial charge in [-0.15, -0.1) is 0 Å². The maximum atomic E-state index is 12.9. The van der Waals surface area contributed by atoms with Crippen molar-refractivity contribution in [2.45, 2.75) is 36.1 Å². The quantitative estimate of drug-likeness (QED) is 0.391. The average molecular weight is 280 g/mol. The first-order chi connectivity index (χ1) is 5.81. The summed E-state index contributed by atoms with van der Waals surface area (Å²) >= 11 is 6.82. The third kappa shape index (κ3) is 4.91. The van der Waals surface area contributed by atoms with Crippen LogP contribution >= 0.6 is 27.5 Å². The minimum Gasteiger partial charge on any atom is -0.214 e. The van der Waals surface area contributed by atoms with E-state index in [0.717, 1.165) is 12.8 Å². The molecule has 0 rings (SSSR count). The molecule has 0 bridgehead atoms. The van der Waals surface area contributed by atoms with Gasteiger partial charge in [0.05, 0.1) is 0 Å². The van der Waals surface area contributed by atoms with Crippen LogP contribution in [-0.2, 0) is 0 Å². The Morgan fingerprint density at radius 1 is 1.38 bits per heavy atom. The molecule has 0 aromatic rings. The molecule has 0 saturated carbocycles. The molecule has 0 unspecified atom stereocenters. The summed E-state index contributed by atoms with van der Waals surface area (Å²) in [5.41, 5.74) is 0. The minimum absolute atomic E-state index is 0.554. The molecule has 0 aromatic carbocycles. The van der Waals surface area contributed by atoms with Crippen LogP contribution in [0.1, 0.15) is 26.2 Å². The van der Waals surface area contributed by atoms with Gasteiger partial charge in [-0.25, -0.2) is 4.39 Å². The number of rotatable bonds is 5. The van der Waals surface area contributed by atoms with E-state index < -0.39 is 9.96 Å². The second-order valence-corrected chi connectivity index (χ2v) is 4.21. The van der Waals surface area contributed by atoms with E-state index in [1.54, 1.807) is 0 Å². The van der Waals surface area contributed by atoms with Gasteiger partial charge in [-0.05, 0) is 28.4 Å². The summed E-state index contributed by atoms with van der Waals surface area (Å²) in [4.78, 5) is -3.73. The molecule has 78 valence electrons. The molecule has 0 N–H and O–H groups in total. The molecule has 0 nitrogen and oxygen atoms in total. The third-order valence-corrected chi connectivity index (χ3v) is 2.60. The Balaban J connectivity index is 4.09. The zero-order chi connectivity index (χ0) is 10.5. The van der Waals surface area contributed by atoms with E-state index in [9.17, 15) is 13.2 Å². The number of unbranched alkanes of at least 4 members (excludes halogenated alkanes) is 2.